The Bertz CT molecular complexity index is 1560. The molecule has 2 N–H and O–H groups in total. The summed E-state index contributed by atoms with van der Waals surface area (Å²) in [5.74, 6) is 1.18. The van der Waals surface area contributed by atoms with Gasteiger partial charge < -0.3 is 5.32 Å². The SMILES string of the molecule is CC(C)(F)CNS(=O)(=O)c1c2c(cc3cnc(C4CC4)cc13)CC(Nc1cncc3nccn13)C2. The van der Waals surface area contributed by atoms with Crippen LogP contribution in [0.2, 0.25) is 0 Å². The molecule has 0 bridgehead atoms. The molecule has 8 nitrogen and oxygen atoms in total. The highest BCUT2D eigenvalue weighted by Gasteiger charge is 2.33. The molecular weight excluding hydrogens is 467 g/mol. The Kier molecular flexibility index (Phi) is 5.08. The number of pyridine rings is 1. The second-order valence-corrected chi connectivity index (χ2v) is 11.9. The number of rotatable bonds is 7. The van der Waals surface area contributed by atoms with Crippen LogP contribution in [-0.4, -0.2) is 46.0 Å². The number of anilines is 1. The van der Waals surface area contributed by atoms with Gasteiger partial charge in [-0.25, -0.2) is 22.5 Å². The lowest BCUT2D eigenvalue weighted by molar-refractivity contribution is 0.221. The summed E-state index contributed by atoms with van der Waals surface area (Å²) in [6.45, 7) is 2.43. The van der Waals surface area contributed by atoms with Crippen molar-refractivity contribution in [3.8, 4) is 0 Å². The van der Waals surface area contributed by atoms with E-state index in [2.05, 4.69) is 25.0 Å². The zero-order valence-electron chi connectivity index (χ0n) is 19.6. The highest BCUT2D eigenvalue weighted by Crippen LogP contribution is 2.42. The monoisotopic (exact) mass is 494 g/mol. The van der Waals surface area contributed by atoms with Crippen LogP contribution in [0.1, 0.15) is 49.4 Å². The zero-order chi connectivity index (χ0) is 24.4. The summed E-state index contributed by atoms with van der Waals surface area (Å²) in [6.07, 6.45) is 12.1. The second-order valence-electron chi connectivity index (χ2n) is 10.2. The van der Waals surface area contributed by atoms with Crippen LogP contribution in [-0.2, 0) is 22.9 Å². The summed E-state index contributed by atoms with van der Waals surface area (Å²) in [5.41, 5.74) is 1.73. The number of imidazole rings is 1. The normalized spacial score (nSPS) is 18.3. The molecule has 0 radical (unpaired) electrons. The van der Waals surface area contributed by atoms with Crippen LogP contribution in [0.3, 0.4) is 0 Å². The molecule has 0 aliphatic heterocycles. The van der Waals surface area contributed by atoms with Crippen LogP contribution in [0, 0.1) is 0 Å². The van der Waals surface area contributed by atoms with Crippen LogP contribution in [0.4, 0.5) is 10.2 Å². The molecule has 35 heavy (non-hydrogen) atoms. The van der Waals surface area contributed by atoms with Crippen molar-refractivity contribution in [2.45, 2.75) is 62.1 Å². The van der Waals surface area contributed by atoms with E-state index < -0.39 is 15.7 Å². The van der Waals surface area contributed by atoms with Crippen molar-refractivity contribution < 1.29 is 12.8 Å². The Morgan fingerprint density at radius 3 is 2.74 bits per heavy atom. The van der Waals surface area contributed by atoms with Gasteiger partial charge in [0.25, 0.3) is 0 Å². The van der Waals surface area contributed by atoms with Gasteiger partial charge >= 0.3 is 0 Å². The van der Waals surface area contributed by atoms with Gasteiger partial charge in [0.05, 0.1) is 17.3 Å². The van der Waals surface area contributed by atoms with Crippen molar-refractivity contribution in [2.75, 3.05) is 11.9 Å². The maximum absolute atomic E-state index is 14.2. The number of benzene rings is 1. The van der Waals surface area contributed by atoms with Crippen LogP contribution in [0.15, 0.2) is 48.0 Å². The quantitative estimate of drug-likeness (QED) is 0.406. The number of halogens is 1. The Balaban J connectivity index is 1.42. The molecule has 6 rings (SSSR count). The maximum atomic E-state index is 14.2. The molecule has 4 aromatic rings. The lowest BCUT2D eigenvalue weighted by atomic mass is 10.0. The van der Waals surface area contributed by atoms with Gasteiger partial charge in [0.1, 0.15) is 11.5 Å². The molecule has 0 spiro atoms. The molecule has 1 atom stereocenters. The van der Waals surface area contributed by atoms with Gasteiger partial charge in [-0.05, 0) is 62.8 Å². The van der Waals surface area contributed by atoms with Crippen molar-refractivity contribution in [3.05, 3.63) is 59.9 Å². The van der Waals surface area contributed by atoms with Crippen LogP contribution in [0.25, 0.3) is 16.4 Å². The minimum absolute atomic E-state index is 0.0287. The number of hydrogen-bond acceptors (Lipinski definition) is 6. The molecule has 2 aliphatic carbocycles. The van der Waals surface area contributed by atoms with Gasteiger partial charge in [-0.15, -0.1) is 0 Å². The summed E-state index contributed by atoms with van der Waals surface area (Å²) in [4.78, 5) is 13.4. The predicted octanol–water partition coefficient (Wildman–Crippen LogP) is 3.76. The number of alkyl halides is 1. The molecule has 1 fully saturated rings. The summed E-state index contributed by atoms with van der Waals surface area (Å²) in [5, 5.41) is 4.96. The van der Waals surface area contributed by atoms with E-state index in [9.17, 15) is 12.8 Å². The first-order valence-corrected chi connectivity index (χ1v) is 13.3. The van der Waals surface area contributed by atoms with Gasteiger partial charge in [-0.2, -0.15) is 0 Å². The topological polar surface area (TPSA) is 101 Å². The molecule has 10 heteroatoms. The number of sulfonamides is 1. The number of fused-ring (bicyclic) bond motifs is 3. The maximum Gasteiger partial charge on any atom is 0.241 e. The molecule has 3 aromatic heterocycles. The molecule has 2 aliphatic rings. The minimum Gasteiger partial charge on any atom is -0.366 e. The third-order valence-corrected chi connectivity index (χ3v) is 8.25. The highest BCUT2D eigenvalue weighted by atomic mass is 32.2. The summed E-state index contributed by atoms with van der Waals surface area (Å²) < 4.78 is 45.9. The number of nitrogens with zero attached hydrogens (tertiary/aromatic N) is 4. The first kappa shape index (κ1) is 22.4. The first-order valence-electron chi connectivity index (χ1n) is 11.8. The van der Waals surface area contributed by atoms with Crippen LogP contribution in [0.5, 0.6) is 0 Å². The van der Waals surface area contributed by atoms with Crippen molar-refractivity contribution in [2.24, 2.45) is 0 Å². The zero-order valence-corrected chi connectivity index (χ0v) is 20.4. The second kappa shape index (κ2) is 7.96. The number of nitrogens with one attached hydrogen (secondary N) is 2. The van der Waals surface area contributed by atoms with Gasteiger partial charge in [-0.1, -0.05) is 0 Å². The van der Waals surface area contributed by atoms with E-state index in [0.717, 1.165) is 46.5 Å². The summed E-state index contributed by atoms with van der Waals surface area (Å²) in [6, 6.07) is 3.93. The van der Waals surface area contributed by atoms with E-state index in [0.29, 0.717) is 24.1 Å². The lowest BCUT2D eigenvalue weighted by Gasteiger charge is -2.18. The van der Waals surface area contributed by atoms with Gasteiger partial charge in [0.2, 0.25) is 10.0 Å². The number of aromatic nitrogens is 4. The fourth-order valence-electron chi connectivity index (χ4n) is 4.88. The van der Waals surface area contributed by atoms with Crippen molar-refractivity contribution in [1.29, 1.82) is 0 Å². The molecular formula is C25H27FN6O2S. The standard InChI is InChI=1S/C25H27FN6O2S/c1-25(2,26)14-30-35(33,34)24-19-9-18(31-23-13-27-12-22-28-5-6-32(22)23)8-16(19)7-17-11-29-21(10-20(17)24)15-3-4-15/h5-7,10-13,15,18,30-31H,3-4,8-9,14H2,1-2H3. The predicted molar refractivity (Wildman–Crippen MR) is 132 cm³/mol. The average molecular weight is 495 g/mol. The van der Waals surface area contributed by atoms with E-state index in [1.165, 1.54) is 13.8 Å². The van der Waals surface area contributed by atoms with Crippen LogP contribution < -0.4 is 10.0 Å². The highest BCUT2D eigenvalue weighted by molar-refractivity contribution is 7.89. The fraction of sp³-hybridized carbons (Fsp3) is 0.400. The van der Waals surface area contributed by atoms with Gasteiger partial charge in [0.15, 0.2) is 5.65 Å². The Labute approximate surface area is 203 Å². The average Bonchev–Trinajstić information content (AvgIpc) is 3.40. The van der Waals surface area contributed by atoms with Gasteiger partial charge in [-0.3, -0.25) is 14.4 Å². The third-order valence-electron chi connectivity index (χ3n) is 6.72. The van der Waals surface area contributed by atoms with Crippen molar-refractivity contribution in [3.63, 3.8) is 0 Å². The molecule has 3 heterocycles. The molecule has 1 saturated carbocycles. The first-order chi connectivity index (χ1) is 16.7. The third kappa shape index (κ3) is 4.25. The molecule has 0 amide bonds. The van der Waals surface area contributed by atoms with E-state index in [-0.39, 0.29) is 17.5 Å². The largest absolute Gasteiger partial charge is 0.366 e. The van der Waals surface area contributed by atoms with E-state index in [4.69, 9.17) is 0 Å². The minimum atomic E-state index is -3.96. The molecule has 1 unspecified atom stereocenters. The van der Waals surface area contributed by atoms with Gasteiger partial charge in [0, 0.05) is 53.6 Å². The Hall–Kier alpha value is -3.11. The van der Waals surface area contributed by atoms with Crippen molar-refractivity contribution in [1.82, 2.24) is 24.1 Å². The Morgan fingerprint density at radius 2 is 1.97 bits per heavy atom. The van der Waals surface area contributed by atoms with E-state index >= 15 is 0 Å². The lowest BCUT2D eigenvalue weighted by Crippen LogP contribution is -2.36. The smallest absolute Gasteiger partial charge is 0.241 e. The molecule has 0 saturated heterocycles. The van der Waals surface area contributed by atoms with E-state index in [1.807, 2.05) is 22.7 Å². The Morgan fingerprint density at radius 1 is 1.14 bits per heavy atom. The number of hydrogen-bond donors (Lipinski definition) is 2. The summed E-state index contributed by atoms with van der Waals surface area (Å²) >= 11 is 0. The van der Waals surface area contributed by atoms with Crippen molar-refractivity contribution >= 4 is 32.3 Å². The summed E-state index contributed by atoms with van der Waals surface area (Å²) in [7, 11) is -3.96. The fourth-order valence-corrected chi connectivity index (χ4v) is 6.57. The van der Waals surface area contributed by atoms with E-state index in [1.54, 1.807) is 24.8 Å². The molecule has 1 aromatic carbocycles. The van der Waals surface area contributed by atoms with Crippen LogP contribution >= 0.6 is 0 Å². The molecule has 182 valence electrons.